The summed E-state index contributed by atoms with van der Waals surface area (Å²) in [6.45, 7) is 6.47. The largest absolute Gasteiger partial charge is 0.314 e. The molecule has 1 aliphatic rings. The molecule has 1 aromatic rings. The molecular formula is C15H25N3O2S. The second-order valence-corrected chi connectivity index (χ2v) is 7.47. The van der Waals surface area contributed by atoms with Gasteiger partial charge in [0, 0.05) is 25.7 Å². The molecule has 0 spiro atoms. The Morgan fingerprint density at radius 2 is 1.90 bits per heavy atom. The second-order valence-electron chi connectivity index (χ2n) is 5.71. The molecule has 5 nitrogen and oxygen atoms in total. The highest BCUT2D eigenvalue weighted by Crippen LogP contribution is 2.20. The Hall–Kier alpha value is -0.950. The Morgan fingerprint density at radius 1 is 1.19 bits per heavy atom. The summed E-state index contributed by atoms with van der Waals surface area (Å²) in [7, 11) is -3.37. The van der Waals surface area contributed by atoms with Gasteiger partial charge in [-0.25, -0.2) is 4.72 Å². The van der Waals surface area contributed by atoms with Crippen LogP contribution < -0.4 is 10.0 Å². The van der Waals surface area contributed by atoms with E-state index in [1.54, 1.807) is 0 Å². The molecule has 0 aromatic heterocycles. The summed E-state index contributed by atoms with van der Waals surface area (Å²) in [6.07, 6.45) is 1.58. The lowest BCUT2D eigenvalue weighted by molar-refractivity contribution is 0.383. The van der Waals surface area contributed by atoms with Gasteiger partial charge in [0.2, 0.25) is 0 Å². The van der Waals surface area contributed by atoms with Gasteiger partial charge in [-0.2, -0.15) is 12.7 Å². The first-order valence-electron chi connectivity index (χ1n) is 7.54. The fourth-order valence-corrected chi connectivity index (χ4v) is 3.67. The van der Waals surface area contributed by atoms with E-state index in [0.717, 1.165) is 24.9 Å². The Balaban J connectivity index is 1.84. The van der Waals surface area contributed by atoms with Crippen molar-refractivity contribution in [1.82, 2.24) is 14.3 Å². The molecule has 2 rings (SSSR count). The minimum absolute atomic E-state index is 0.431. The van der Waals surface area contributed by atoms with Crippen LogP contribution in [0.25, 0.3) is 0 Å². The molecule has 0 saturated heterocycles. The van der Waals surface area contributed by atoms with Crippen LogP contribution in [0.5, 0.6) is 0 Å². The quantitative estimate of drug-likeness (QED) is 0.746. The lowest BCUT2D eigenvalue weighted by Gasteiger charge is -2.28. The van der Waals surface area contributed by atoms with Crippen molar-refractivity contribution in [3.8, 4) is 0 Å². The summed E-state index contributed by atoms with van der Waals surface area (Å²) in [6, 6.07) is 8.47. The molecule has 1 aliphatic heterocycles. The van der Waals surface area contributed by atoms with E-state index >= 15 is 0 Å². The van der Waals surface area contributed by atoms with Crippen LogP contribution in [-0.4, -0.2) is 38.4 Å². The van der Waals surface area contributed by atoms with Crippen molar-refractivity contribution >= 4 is 10.2 Å². The van der Waals surface area contributed by atoms with Gasteiger partial charge in [-0.1, -0.05) is 38.1 Å². The van der Waals surface area contributed by atoms with Gasteiger partial charge in [0.05, 0.1) is 0 Å². The van der Waals surface area contributed by atoms with E-state index in [0.29, 0.717) is 25.7 Å². The Kier molecular flexibility index (Phi) is 5.75. The normalized spacial score (nSPS) is 16.1. The molecule has 0 radical (unpaired) electrons. The molecule has 6 heteroatoms. The lowest BCUT2D eigenvalue weighted by Crippen LogP contribution is -2.44. The summed E-state index contributed by atoms with van der Waals surface area (Å²) in [5.41, 5.74) is 2.36. The van der Waals surface area contributed by atoms with E-state index in [1.165, 1.54) is 9.87 Å². The van der Waals surface area contributed by atoms with Crippen LogP contribution in [-0.2, 0) is 23.2 Å². The number of hydrogen-bond donors (Lipinski definition) is 2. The van der Waals surface area contributed by atoms with Crippen molar-refractivity contribution in [2.45, 2.75) is 39.3 Å². The number of nitrogens with zero attached hydrogens (tertiary/aromatic N) is 1. The summed E-state index contributed by atoms with van der Waals surface area (Å²) < 4.78 is 28.8. The predicted molar refractivity (Wildman–Crippen MR) is 85.2 cm³/mol. The topological polar surface area (TPSA) is 61.4 Å². The third kappa shape index (κ3) is 4.78. The van der Waals surface area contributed by atoms with Crippen LogP contribution in [0.2, 0.25) is 0 Å². The molecule has 0 atom stereocenters. The van der Waals surface area contributed by atoms with Crippen molar-refractivity contribution in [2.75, 3.05) is 19.6 Å². The lowest BCUT2D eigenvalue weighted by atomic mass is 10.0. The third-order valence-electron chi connectivity index (χ3n) is 3.63. The van der Waals surface area contributed by atoms with Crippen LogP contribution in [0.1, 0.15) is 31.4 Å². The van der Waals surface area contributed by atoms with E-state index in [9.17, 15) is 8.42 Å². The standard InChI is InChI=1S/C15H25N3O2S/c1-13(2)16-9-5-10-17-21(19,20)18-11-8-14-6-3-4-7-15(14)12-18/h3-4,6-7,13,16-17H,5,8-12H2,1-2H3. The Bertz CT molecular complexity index is 558. The monoisotopic (exact) mass is 311 g/mol. The molecule has 0 unspecified atom stereocenters. The molecule has 0 saturated carbocycles. The van der Waals surface area contributed by atoms with Crippen molar-refractivity contribution in [3.63, 3.8) is 0 Å². The minimum Gasteiger partial charge on any atom is -0.314 e. The summed E-state index contributed by atoms with van der Waals surface area (Å²) in [4.78, 5) is 0. The summed E-state index contributed by atoms with van der Waals surface area (Å²) >= 11 is 0. The fraction of sp³-hybridized carbons (Fsp3) is 0.600. The molecule has 0 amide bonds. The molecule has 2 N–H and O–H groups in total. The molecule has 0 bridgehead atoms. The van der Waals surface area contributed by atoms with Gasteiger partial charge in [-0.05, 0) is 30.5 Å². The average molecular weight is 311 g/mol. The first kappa shape index (κ1) is 16.4. The van der Waals surface area contributed by atoms with Crippen LogP contribution in [0.3, 0.4) is 0 Å². The van der Waals surface area contributed by atoms with E-state index in [-0.39, 0.29) is 0 Å². The van der Waals surface area contributed by atoms with Gasteiger partial charge in [-0.15, -0.1) is 0 Å². The number of fused-ring (bicyclic) bond motifs is 1. The predicted octanol–water partition coefficient (Wildman–Crippen LogP) is 1.27. The van der Waals surface area contributed by atoms with Gasteiger partial charge < -0.3 is 5.32 Å². The zero-order chi connectivity index (χ0) is 15.3. The summed E-state index contributed by atoms with van der Waals surface area (Å²) in [5, 5.41) is 3.28. The van der Waals surface area contributed by atoms with Gasteiger partial charge in [0.15, 0.2) is 0 Å². The van der Waals surface area contributed by atoms with E-state index in [2.05, 4.69) is 30.0 Å². The van der Waals surface area contributed by atoms with Gasteiger partial charge >= 0.3 is 0 Å². The zero-order valence-corrected chi connectivity index (χ0v) is 13.6. The molecule has 118 valence electrons. The third-order valence-corrected chi connectivity index (χ3v) is 5.19. The van der Waals surface area contributed by atoms with Crippen LogP contribution in [0.15, 0.2) is 24.3 Å². The molecule has 0 fully saturated rings. The molecular weight excluding hydrogens is 286 g/mol. The first-order chi connectivity index (χ1) is 9.99. The first-order valence-corrected chi connectivity index (χ1v) is 8.98. The number of rotatable bonds is 7. The van der Waals surface area contributed by atoms with Crippen molar-refractivity contribution < 1.29 is 8.42 Å². The zero-order valence-electron chi connectivity index (χ0n) is 12.8. The maximum absolute atomic E-state index is 12.3. The SMILES string of the molecule is CC(C)NCCCNS(=O)(=O)N1CCc2ccccc2C1. The van der Waals surface area contributed by atoms with Gasteiger partial charge in [-0.3, -0.25) is 0 Å². The maximum Gasteiger partial charge on any atom is 0.279 e. The maximum atomic E-state index is 12.3. The smallest absolute Gasteiger partial charge is 0.279 e. The van der Waals surface area contributed by atoms with E-state index in [1.807, 2.05) is 18.2 Å². The molecule has 21 heavy (non-hydrogen) atoms. The highest BCUT2D eigenvalue weighted by Gasteiger charge is 2.25. The Morgan fingerprint density at radius 3 is 2.62 bits per heavy atom. The van der Waals surface area contributed by atoms with Crippen molar-refractivity contribution in [3.05, 3.63) is 35.4 Å². The highest BCUT2D eigenvalue weighted by atomic mass is 32.2. The highest BCUT2D eigenvalue weighted by molar-refractivity contribution is 7.87. The van der Waals surface area contributed by atoms with E-state index in [4.69, 9.17) is 0 Å². The van der Waals surface area contributed by atoms with Crippen LogP contribution >= 0.6 is 0 Å². The summed E-state index contributed by atoms with van der Waals surface area (Å²) in [5.74, 6) is 0. The van der Waals surface area contributed by atoms with Gasteiger partial charge in [0.25, 0.3) is 10.2 Å². The molecule has 1 heterocycles. The average Bonchev–Trinajstić information content (AvgIpc) is 2.46. The van der Waals surface area contributed by atoms with Gasteiger partial charge in [0.1, 0.15) is 0 Å². The Labute approximate surface area is 127 Å². The van der Waals surface area contributed by atoms with Crippen molar-refractivity contribution in [2.24, 2.45) is 0 Å². The number of hydrogen-bond acceptors (Lipinski definition) is 3. The fourth-order valence-electron chi connectivity index (χ4n) is 2.45. The van der Waals surface area contributed by atoms with Crippen molar-refractivity contribution in [1.29, 1.82) is 0 Å². The second kappa shape index (κ2) is 7.35. The number of benzene rings is 1. The molecule has 1 aromatic carbocycles. The van der Waals surface area contributed by atoms with Crippen LogP contribution in [0, 0.1) is 0 Å². The van der Waals surface area contributed by atoms with E-state index < -0.39 is 10.2 Å². The number of nitrogens with one attached hydrogen (secondary N) is 2. The van der Waals surface area contributed by atoms with Crippen LogP contribution in [0.4, 0.5) is 0 Å². The molecule has 0 aliphatic carbocycles. The minimum atomic E-state index is -3.37.